The molecule has 0 aliphatic rings. The first-order valence-corrected chi connectivity index (χ1v) is 6.97. The van der Waals surface area contributed by atoms with Crippen molar-refractivity contribution in [3.8, 4) is 0 Å². The van der Waals surface area contributed by atoms with Crippen LogP contribution in [0.2, 0.25) is 0 Å². The molecule has 0 aromatic carbocycles. The van der Waals surface area contributed by atoms with Gasteiger partial charge in [0.05, 0.1) is 16.8 Å². The Morgan fingerprint density at radius 1 is 1.35 bits per heavy atom. The van der Waals surface area contributed by atoms with E-state index in [0.29, 0.717) is 11.3 Å². The summed E-state index contributed by atoms with van der Waals surface area (Å²) >= 11 is 3.30. The monoisotopic (exact) mass is 337 g/mol. The van der Waals surface area contributed by atoms with Gasteiger partial charge in [0.1, 0.15) is 5.76 Å². The summed E-state index contributed by atoms with van der Waals surface area (Å²) in [6.07, 6.45) is 3.17. The summed E-state index contributed by atoms with van der Waals surface area (Å²) < 4.78 is 5.93. The maximum atomic E-state index is 12.3. The molecule has 0 atom stereocenters. The molecule has 0 saturated heterocycles. The largest absolute Gasteiger partial charge is 0.361 e. The standard InChI is InChI=1S/C14H16BrN3O2/c1-8-12(9(2)20-18-8)14(3,4)17-13(19)10-5-11(15)7-16-6-10/h5-7H,1-4H3,(H,17,19). The second-order valence-electron chi connectivity index (χ2n) is 5.17. The highest BCUT2D eigenvalue weighted by atomic mass is 79.9. The summed E-state index contributed by atoms with van der Waals surface area (Å²) in [5, 5.41) is 6.91. The third kappa shape index (κ3) is 2.90. The number of nitrogens with one attached hydrogen (secondary N) is 1. The van der Waals surface area contributed by atoms with E-state index in [1.807, 2.05) is 27.7 Å². The van der Waals surface area contributed by atoms with Gasteiger partial charge in [0.2, 0.25) is 0 Å². The van der Waals surface area contributed by atoms with Crippen LogP contribution in [0.3, 0.4) is 0 Å². The van der Waals surface area contributed by atoms with Crippen molar-refractivity contribution in [1.82, 2.24) is 15.5 Å². The molecule has 2 aromatic rings. The Labute approximate surface area is 125 Å². The van der Waals surface area contributed by atoms with Crippen LogP contribution < -0.4 is 5.32 Å². The van der Waals surface area contributed by atoms with Crippen molar-refractivity contribution in [3.05, 3.63) is 45.5 Å². The van der Waals surface area contributed by atoms with E-state index in [1.165, 1.54) is 6.20 Å². The maximum absolute atomic E-state index is 12.3. The Bertz CT molecular complexity index is 630. The van der Waals surface area contributed by atoms with Gasteiger partial charge in [-0.15, -0.1) is 0 Å². The zero-order valence-corrected chi connectivity index (χ0v) is 13.4. The predicted octanol–water partition coefficient (Wildman–Crippen LogP) is 3.11. The van der Waals surface area contributed by atoms with Crippen LogP contribution in [0.4, 0.5) is 0 Å². The fourth-order valence-electron chi connectivity index (χ4n) is 2.33. The van der Waals surface area contributed by atoms with Crippen LogP contribution in [-0.4, -0.2) is 16.0 Å². The molecular formula is C14H16BrN3O2. The summed E-state index contributed by atoms with van der Waals surface area (Å²) in [6.45, 7) is 7.54. The fourth-order valence-corrected chi connectivity index (χ4v) is 2.69. The molecule has 6 heteroatoms. The minimum atomic E-state index is -0.576. The van der Waals surface area contributed by atoms with Crippen LogP contribution in [0.25, 0.3) is 0 Å². The van der Waals surface area contributed by atoms with Gasteiger partial charge in [-0.25, -0.2) is 0 Å². The third-order valence-electron chi connectivity index (χ3n) is 3.05. The minimum absolute atomic E-state index is 0.191. The van der Waals surface area contributed by atoms with Crippen LogP contribution in [0.5, 0.6) is 0 Å². The Hall–Kier alpha value is -1.69. The molecule has 1 amide bonds. The Morgan fingerprint density at radius 3 is 2.60 bits per heavy atom. The molecule has 20 heavy (non-hydrogen) atoms. The average Bonchev–Trinajstić information content (AvgIpc) is 2.69. The Balaban J connectivity index is 2.27. The van der Waals surface area contributed by atoms with E-state index in [2.05, 4.69) is 31.4 Å². The highest BCUT2D eigenvalue weighted by molar-refractivity contribution is 9.10. The van der Waals surface area contributed by atoms with Crippen LogP contribution in [0.15, 0.2) is 27.5 Å². The highest BCUT2D eigenvalue weighted by Gasteiger charge is 2.30. The SMILES string of the molecule is Cc1noc(C)c1C(C)(C)NC(=O)c1cncc(Br)c1. The normalized spacial score (nSPS) is 11.4. The van der Waals surface area contributed by atoms with Crippen LogP contribution >= 0.6 is 15.9 Å². The maximum Gasteiger partial charge on any atom is 0.253 e. The number of aryl methyl sites for hydroxylation is 2. The molecule has 106 valence electrons. The molecule has 5 nitrogen and oxygen atoms in total. The minimum Gasteiger partial charge on any atom is -0.361 e. The molecule has 0 aliphatic heterocycles. The number of carbonyl (C=O) groups excluding carboxylic acids is 1. The van der Waals surface area contributed by atoms with Gasteiger partial charge in [0.25, 0.3) is 5.91 Å². The molecule has 0 bridgehead atoms. The lowest BCUT2D eigenvalue weighted by Crippen LogP contribution is -2.41. The number of pyridine rings is 1. The van der Waals surface area contributed by atoms with Crippen LogP contribution in [0.1, 0.15) is 41.2 Å². The molecular weight excluding hydrogens is 322 g/mol. The number of amides is 1. The summed E-state index contributed by atoms with van der Waals surface area (Å²) in [5.74, 6) is 0.518. The first-order valence-electron chi connectivity index (χ1n) is 6.17. The molecule has 2 heterocycles. The van der Waals surface area contributed by atoms with E-state index in [9.17, 15) is 4.79 Å². The van der Waals surface area contributed by atoms with Gasteiger partial charge >= 0.3 is 0 Å². The smallest absolute Gasteiger partial charge is 0.253 e. The summed E-state index contributed by atoms with van der Waals surface area (Å²) in [5.41, 5.74) is 1.60. The van der Waals surface area contributed by atoms with Crippen molar-refractivity contribution in [2.45, 2.75) is 33.2 Å². The van der Waals surface area contributed by atoms with E-state index in [0.717, 1.165) is 15.7 Å². The molecule has 2 rings (SSSR count). The van der Waals surface area contributed by atoms with Crippen LogP contribution in [0, 0.1) is 13.8 Å². The van der Waals surface area contributed by atoms with Gasteiger partial charge in [-0.3, -0.25) is 9.78 Å². The predicted molar refractivity (Wildman–Crippen MR) is 78.4 cm³/mol. The van der Waals surface area contributed by atoms with Gasteiger partial charge in [-0.1, -0.05) is 5.16 Å². The van der Waals surface area contributed by atoms with Crippen molar-refractivity contribution in [2.24, 2.45) is 0 Å². The topological polar surface area (TPSA) is 68.0 Å². The summed E-state index contributed by atoms with van der Waals surface area (Å²) in [4.78, 5) is 16.3. The number of rotatable bonds is 3. The second kappa shape index (κ2) is 5.36. The molecule has 2 aromatic heterocycles. The van der Waals surface area contributed by atoms with E-state index in [1.54, 1.807) is 12.3 Å². The Morgan fingerprint density at radius 2 is 2.05 bits per heavy atom. The zero-order chi connectivity index (χ0) is 14.9. The molecule has 0 aliphatic carbocycles. The second-order valence-corrected chi connectivity index (χ2v) is 6.09. The average molecular weight is 338 g/mol. The van der Waals surface area contributed by atoms with Crippen molar-refractivity contribution in [3.63, 3.8) is 0 Å². The van der Waals surface area contributed by atoms with Gasteiger partial charge < -0.3 is 9.84 Å². The molecule has 0 unspecified atom stereocenters. The number of aromatic nitrogens is 2. The lowest BCUT2D eigenvalue weighted by Gasteiger charge is -2.26. The van der Waals surface area contributed by atoms with Gasteiger partial charge in [0.15, 0.2) is 0 Å². The quantitative estimate of drug-likeness (QED) is 0.934. The van der Waals surface area contributed by atoms with Crippen molar-refractivity contribution >= 4 is 21.8 Å². The first-order chi connectivity index (χ1) is 9.31. The summed E-state index contributed by atoms with van der Waals surface area (Å²) in [6, 6.07) is 1.73. The zero-order valence-electron chi connectivity index (χ0n) is 11.8. The third-order valence-corrected chi connectivity index (χ3v) is 3.49. The van der Waals surface area contributed by atoms with Crippen molar-refractivity contribution in [1.29, 1.82) is 0 Å². The number of halogens is 1. The fraction of sp³-hybridized carbons (Fsp3) is 0.357. The lowest BCUT2D eigenvalue weighted by molar-refractivity contribution is 0.0911. The molecule has 0 saturated carbocycles. The van der Waals surface area contributed by atoms with E-state index < -0.39 is 5.54 Å². The molecule has 0 radical (unpaired) electrons. The number of hydrogen-bond acceptors (Lipinski definition) is 4. The van der Waals surface area contributed by atoms with E-state index in [4.69, 9.17) is 4.52 Å². The lowest BCUT2D eigenvalue weighted by atomic mass is 9.92. The Kier molecular flexibility index (Phi) is 3.94. The molecule has 0 spiro atoms. The number of nitrogens with zero attached hydrogens (tertiary/aromatic N) is 2. The van der Waals surface area contributed by atoms with Crippen molar-refractivity contribution < 1.29 is 9.32 Å². The van der Waals surface area contributed by atoms with E-state index in [-0.39, 0.29) is 5.91 Å². The number of hydrogen-bond donors (Lipinski definition) is 1. The van der Waals surface area contributed by atoms with Crippen molar-refractivity contribution in [2.75, 3.05) is 0 Å². The van der Waals surface area contributed by atoms with Gasteiger partial charge in [-0.05, 0) is 49.7 Å². The van der Waals surface area contributed by atoms with Gasteiger partial charge in [0, 0.05) is 22.4 Å². The number of carbonyl (C=O) groups is 1. The first kappa shape index (κ1) is 14.7. The highest BCUT2D eigenvalue weighted by Crippen LogP contribution is 2.27. The van der Waals surface area contributed by atoms with E-state index >= 15 is 0 Å². The van der Waals surface area contributed by atoms with Crippen LogP contribution in [-0.2, 0) is 5.54 Å². The van der Waals surface area contributed by atoms with Gasteiger partial charge in [-0.2, -0.15) is 0 Å². The summed E-state index contributed by atoms with van der Waals surface area (Å²) in [7, 11) is 0. The molecule has 1 N–H and O–H groups in total. The molecule has 0 fully saturated rings.